The Morgan fingerprint density at radius 2 is 2.12 bits per heavy atom. The molecule has 0 aliphatic rings. The van der Waals surface area contributed by atoms with Gasteiger partial charge in [-0.2, -0.15) is 0 Å². The molecule has 0 saturated carbocycles. The number of nitro groups is 1. The molecule has 0 bridgehead atoms. The van der Waals surface area contributed by atoms with Gasteiger partial charge in [-0.15, -0.1) is 13.2 Å². The van der Waals surface area contributed by atoms with Gasteiger partial charge < -0.3 is 10.5 Å². The number of pyridine rings is 1. The van der Waals surface area contributed by atoms with Crippen molar-refractivity contribution in [2.24, 2.45) is 0 Å². The highest BCUT2D eigenvalue weighted by atomic mass is 127. The maximum atomic E-state index is 12.0. The number of nitrogens with zero attached hydrogens (tertiary/aromatic N) is 2. The summed E-state index contributed by atoms with van der Waals surface area (Å²) in [6.07, 6.45) is -4.22. The third-order valence-electron chi connectivity index (χ3n) is 1.40. The fraction of sp³-hybridized carbons (Fsp3) is 0.167. The normalized spacial score (nSPS) is 11.2. The number of anilines is 1. The summed E-state index contributed by atoms with van der Waals surface area (Å²) in [6, 6.07) is 0. The molecule has 0 fully saturated rings. The zero-order chi connectivity index (χ0) is 12.5. The topological polar surface area (TPSA) is 91.3 Å². The van der Waals surface area contributed by atoms with Gasteiger partial charge in [0.15, 0.2) is 11.6 Å². The summed E-state index contributed by atoms with van der Waals surface area (Å²) in [5.41, 5.74) is 4.53. The second kappa shape index (κ2) is 4.27. The van der Waals surface area contributed by atoms with Crippen LogP contribution in [0.1, 0.15) is 0 Å². The smallest absolute Gasteiger partial charge is 0.400 e. The molecule has 10 heteroatoms. The van der Waals surface area contributed by atoms with Crippen LogP contribution in [0, 0.1) is 13.7 Å². The van der Waals surface area contributed by atoms with Crippen LogP contribution in [-0.2, 0) is 0 Å². The van der Waals surface area contributed by atoms with Crippen molar-refractivity contribution in [3.8, 4) is 5.75 Å². The summed E-state index contributed by atoms with van der Waals surface area (Å²) in [5, 5.41) is 10.4. The maximum Gasteiger partial charge on any atom is 0.573 e. The number of hydrogen-bond donors (Lipinski definition) is 1. The van der Waals surface area contributed by atoms with Crippen LogP contribution in [0.3, 0.4) is 0 Å². The van der Waals surface area contributed by atoms with Gasteiger partial charge in [0, 0.05) is 0 Å². The molecule has 0 unspecified atom stereocenters. The van der Waals surface area contributed by atoms with Crippen LogP contribution in [0.4, 0.5) is 24.7 Å². The Morgan fingerprint density at radius 3 is 2.56 bits per heavy atom. The Balaban J connectivity index is 3.27. The van der Waals surface area contributed by atoms with Gasteiger partial charge in [-0.05, 0) is 22.6 Å². The number of halogens is 4. The second-order valence-corrected chi connectivity index (χ2v) is 3.56. The average molecular weight is 349 g/mol. The van der Waals surface area contributed by atoms with E-state index in [-0.39, 0.29) is 3.57 Å². The van der Waals surface area contributed by atoms with Crippen molar-refractivity contribution in [3.05, 3.63) is 19.9 Å². The third kappa shape index (κ3) is 2.84. The van der Waals surface area contributed by atoms with E-state index in [0.29, 0.717) is 0 Å². The van der Waals surface area contributed by atoms with Crippen molar-refractivity contribution in [1.29, 1.82) is 0 Å². The Labute approximate surface area is 99.9 Å². The van der Waals surface area contributed by atoms with E-state index in [2.05, 4.69) is 9.72 Å². The fourth-order valence-corrected chi connectivity index (χ4v) is 1.54. The molecule has 1 heterocycles. The first-order valence-corrected chi connectivity index (χ1v) is 4.64. The van der Waals surface area contributed by atoms with Crippen LogP contribution in [0.5, 0.6) is 5.75 Å². The van der Waals surface area contributed by atoms with Crippen LogP contribution in [-0.4, -0.2) is 16.3 Å². The second-order valence-electron chi connectivity index (χ2n) is 2.48. The van der Waals surface area contributed by atoms with Crippen LogP contribution in [0.25, 0.3) is 0 Å². The van der Waals surface area contributed by atoms with Gasteiger partial charge in [0.2, 0.25) is 0 Å². The lowest BCUT2D eigenvalue weighted by molar-refractivity contribution is -0.386. The van der Waals surface area contributed by atoms with E-state index in [1.54, 1.807) is 0 Å². The summed E-state index contributed by atoms with van der Waals surface area (Å²) >= 11 is 1.34. The molecule has 1 aromatic heterocycles. The summed E-state index contributed by atoms with van der Waals surface area (Å²) in [6.45, 7) is 0. The summed E-state index contributed by atoms with van der Waals surface area (Å²) in [5.74, 6) is -1.42. The van der Waals surface area contributed by atoms with Crippen LogP contribution in [0.15, 0.2) is 6.20 Å². The fourth-order valence-electron chi connectivity index (χ4n) is 0.815. The third-order valence-corrected chi connectivity index (χ3v) is 2.44. The molecule has 16 heavy (non-hydrogen) atoms. The Morgan fingerprint density at radius 1 is 1.56 bits per heavy atom. The largest absolute Gasteiger partial charge is 0.573 e. The van der Waals surface area contributed by atoms with Crippen molar-refractivity contribution in [3.63, 3.8) is 0 Å². The predicted octanol–water partition coefficient (Wildman–Crippen LogP) is 2.08. The van der Waals surface area contributed by atoms with E-state index in [4.69, 9.17) is 5.73 Å². The van der Waals surface area contributed by atoms with Gasteiger partial charge in [-0.25, -0.2) is 4.98 Å². The van der Waals surface area contributed by atoms with Crippen LogP contribution < -0.4 is 10.5 Å². The molecule has 0 spiro atoms. The quantitative estimate of drug-likeness (QED) is 0.502. The maximum absolute atomic E-state index is 12.0. The molecular weight excluding hydrogens is 346 g/mol. The minimum Gasteiger partial charge on any atom is -0.400 e. The van der Waals surface area contributed by atoms with Crippen molar-refractivity contribution in [2.75, 3.05) is 5.73 Å². The summed E-state index contributed by atoms with van der Waals surface area (Å²) < 4.78 is 39.1. The van der Waals surface area contributed by atoms with Crippen LogP contribution >= 0.6 is 22.6 Å². The van der Waals surface area contributed by atoms with Gasteiger partial charge in [0.05, 0.1) is 4.92 Å². The monoisotopic (exact) mass is 349 g/mol. The molecule has 0 aliphatic carbocycles. The molecule has 0 aliphatic heterocycles. The summed E-state index contributed by atoms with van der Waals surface area (Å²) in [4.78, 5) is 12.8. The first-order chi connectivity index (χ1) is 7.22. The highest BCUT2D eigenvalue weighted by molar-refractivity contribution is 14.1. The van der Waals surface area contributed by atoms with Gasteiger partial charge in [0.1, 0.15) is 9.77 Å². The van der Waals surface area contributed by atoms with E-state index in [1.807, 2.05) is 0 Å². The molecule has 0 saturated heterocycles. The van der Waals surface area contributed by atoms with E-state index >= 15 is 0 Å². The number of rotatable bonds is 2. The molecule has 2 N–H and O–H groups in total. The molecule has 0 aromatic carbocycles. The van der Waals surface area contributed by atoms with Crippen molar-refractivity contribution in [1.82, 2.24) is 4.98 Å². The lowest BCUT2D eigenvalue weighted by Gasteiger charge is -2.11. The van der Waals surface area contributed by atoms with Crippen LogP contribution in [0.2, 0.25) is 0 Å². The number of nitrogen functional groups attached to an aromatic ring is 1. The lowest BCUT2D eigenvalue weighted by Crippen LogP contribution is -2.19. The molecule has 1 rings (SSSR count). The first kappa shape index (κ1) is 12.7. The Hall–Kier alpha value is -1.33. The Bertz CT molecular complexity index is 437. The lowest BCUT2D eigenvalue weighted by atomic mass is 10.4. The average Bonchev–Trinajstić information content (AvgIpc) is 2.10. The number of nitrogens with two attached hydrogens (primary N) is 1. The Kier molecular flexibility index (Phi) is 3.40. The summed E-state index contributed by atoms with van der Waals surface area (Å²) in [7, 11) is 0. The van der Waals surface area contributed by atoms with Gasteiger partial charge in [-0.1, -0.05) is 0 Å². The van der Waals surface area contributed by atoms with Crippen molar-refractivity contribution in [2.45, 2.75) is 6.36 Å². The number of ether oxygens (including phenoxy) is 1. The minimum atomic E-state index is -4.98. The molecular formula is C6H3F3IN3O3. The van der Waals surface area contributed by atoms with Crippen molar-refractivity contribution >= 4 is 34.1 Å². The van der Waals surface area contributed by atoms with Crippen molar-refractivity contribution < 1.29 is 22.8 Å². The molecule has 0 amide bonds. The standard InChI is InChI=1S/C6H3F3IN3O3/c7-6(8,9)16-4-3(10)2(13(14)15)1-12-5(4)11/h1H,(H2,11,12). The minimum absolute atomic E-state index is 0.354. The predicted molar refractivity (Wildman–Crippen MR) is 54.7 cm³/mol. The number of alkyl halides is 3. The molecule has 1 aromatic rings. The van der Waals surface area contributed by atoms with E-state index in [9.17, 15) is 23.3 Å². The van der Waals surface area contributed by atoms with Gasteiger partial charge in [0.25, 0.3) is 0 Å². The van der Waals surface area contributed by atoms with E-state index in [1.165, 1.54) is 22.6 Å². The highest BCUT2D eigenvalue weighted by Gasteiger charge is 2.35. The first-order valence-electron chi connectivity index (χ1n) is 3.56. The number of aromatic nitrogens is 1. The van der Waals surface area contributed by atoms with Gasteiger partial charge >= 0.3 is 12.0 Å². The van der Waals surface area contributed by atoms with E-state index < -0.39 is 28.5 Å². The molecule has 6 nitrogen and oxygen atoms in total. The highest BCUT2D eigenvalue weighted by Crippen LogP contribution is 2.36. The molecule has 0 atom stereocenters. The molecule has 0 radical (unpaired) electrons. The zero-order valence-electron chi connectivity index (χ0n) is 7.29. The SMILES string of the molecule is Nc1ncc([N+](=O)[O-])c(I)c1OC(F)(F)F. The zero-order valence-corrected chi connectivity index (χ0v) is 9.44. The number of hydrogen-bond acceptors (Lipinski definition) is 5. The molecule has 88 valence electrons. The van der Waals surface area contributed by atoms with E-state index in [0.717, 1.165) is 6.20 Å². The van der Waals surface area contributed by atoms with Gasteiger partial charge in [-0.3, -0.25) is 10.1 Å².